The predicted octanol–water partition coefficient (Wildman–Crippen LogP) is 6.61. The lowest BCUT2D eigenvalue weighted by Gasteiger charge is -2.36. The highest BCUT2D eigenvalue weighted by molar-refractivity contribution is 5.69. The number of ether oxygens (including phenoxy) is 2. The molecule has 1 saturated heterocycles. The van der Waals surface area contributed by atoms with Crippen LogP contribution < -0.4 is 0 Å². The van der Waals surface area contributed by atoms with E-state index >= 15 is 0 Å². The van der Waals surface area contributed by atoms with Gasteiger partial charge in [-0.3, -0.25) is 4.79 Å². The molecule has 6 heteroatoms. The topological polar surface area (TPSA) is 96.2 Å². The monoisotopic (exact) mass is 514 g/mol. The fourth-order valence-electron chi connectivity index (χ4n) is 5.08. The minimum absolute atomic E-state index is 0.0560. The quantitative estimate of drug-likeness (QED) is 0.0990. The smallest absolute Gasteiger partial charge is 0.306 e. The lowest BCUT2D eigenvalue weighted by Crippen LogP contribution is -2.55. The molecule has 214 valence electrons. The standard InChI is InChI=1S/C30H58O6/c1-2-3-4-5-6-7-8-9-10-11-12-13-14-15-16-17-18-19-20-21-22-23-28(33)36-30-26(32)25-35-27(24-31)29(30)34/h26-27,29-32,34H,2-25H2,1H3/t26-,27-,29-,30-/m1/s1. The van der Waals surface area contributed by atoms with Gasteiger partial charge in [-0.15, -0.1) is 0 Å². The van der Waals surface area contributed by atoms with Gasteiger partial charge in [0.1, 0.15) is 18.3 Å². The molecule has 0 aromatic carbocycles. The van der Waals surface area contributed by atoms with Crippen molar-refractivity contribution in [1.82, 2.24) is 0 Å². The number of aliphatic hydroxyl groups excluding tert-OH is 3. The molecule has 1 fully saturated rings. The molecule has 1 rings (SSSR count). The zero-order chi connectivity index (χ0) is 26.3. The van der Waals surface area contributed by atoms with Gasteiger partial charge in [0, 0.05) is 6.42 Å². The zero-order valence-electron chi connectivity index (χ0n) is 23.3. The summed E-state index contributed by atoms with van der Waals surface area (Å²) in [6, 6.07) is 0. The maximum absolute atomic E-state index is 12.1. The lowest BCUT2D eigenvalue weighted by atomic mass is 10.0. The number of aliphatic hydroxyl groups is 3. The first kappa shape index (κ1) is 33.3. The van der Waals surface area contributed by atoms with E-state index in [-0.39, 0.29) is 13.2 Å². The second-order valence-electron chi connectivity index (χ2n) is 10.9. The first-order valence-corrected chi connectivity index (χ1v) is 15.4. The zero-order valence-corrected chi connectivity index (χ0v) is 23.3. The summed E-state index contributed by atoms with van der Waals surface area (Å²) in [5.74, 6) is -0.408. The minimum atomic E-state index is -1.21. The minimum Gasteiger partial charge on any atom is -0.457 e. The lowest BCUT2D eigenvalue weighted by molar-refractivity contribution is -0.213. The molecule has 0 aromatic rings. The molecule has 3 N–H and O–H groups in total. The van der Waals surface area contributed by atoms with Gasteiger partial charge in [-0.25, -0.2) is 0 Å². The number of hydrogen-bond donors (Lipinski definition) is 3. The molecule has 0 aromatic heterocycles. The SMILES string of the molecule is CCCCCCCCCCCCCCCCCCCCCCCC(=O)O[C@H]1[C@H](O)[C@@H](CO)OC[C@H]1O. The molecule has 1 heterocycles. The van der Waals surface area contributed by atoms with Crippen molar-refractivity contribution in [3.63, 3.8) is 0 Å². The van der Waals surface area contributed by atoms with E-state index in [0.717, 1.165) is 19.3 Å². The average molecular weight is 515 g/mol. The van der Waals surface area contributed by atoms with Crippen LogP contribution in [0.4, 0.5) is 0 Å². The fourth-order valence-corrected chi connectivity index (χ4v) is 5.08. The number of unbranched alkanes of at least 4 members (excludes halogenated alkanes) is 20. The van der Waals surface area contributed by atoms with Crippen molar-refractivity contribution in [1.29, 1.82) is 0 Å². The molecular formula is C30H58O6. The van der Waals surface area contributed by atoms with Crippen LogP contribution in [-0.2, 0) is 14.3 Å². The highest BCUT2D eigenvalue weighted by Gasteiger charge is 2.40. The Kier molecular flexibility index (Phi) is 21.7. The van der Waals surface area contributed by atoms with E-state index in [1.165, 1.54) is 116 Å². The van der Waals surface area contributed by atoms with Crippen LogP contribution in [0.15, 0.2) is 0 Å². The average Bonchev–Trinajstić information content (AvgIpc) is 2.87. The van der Waals surface area contributed by atoms with Crippen LogP contribution in [-0.4, -0.2) is 58.9 Å². The molecule has 0 unspecified atom stereocenters. The molecule has 0 amide bonds. The number of esters is 1. The van der Waals surface area contributed by atoms with Gasteiger partial charge in [0.15, 0.2) is 6.10 Å². The van der Waals surface area contributed by atoms with Gasteiger partial charge in [0.05, 0.1) is 13.2 Å². The molecule has 0 aliphatic carbocycles. The van der Waals surface area contributed by atoms with E-state index in [1.54, 1.807) is 0 Å². The summed E-state index contributed by atoms with van der Waals surface area (Å²) in [6.45, 7) is 1.85. The summed E-state index contributed by atoms with van der Waals surface area (Å²) in [5, 5.41) is 29.2. The Hall–Kier alpha value is -0.690. The van der Waals surface area contributed by atoms with Crippen LogP contribution in [0.1, 0.15) is 148 Å². The third kappa shape index (κ3) is 16.9. The molecule has 0 radical (unpaired) electrons. The van der Waals surface area contributed by atoms with Gasteiger partial charge in [-0.2, -0.15) is 0 Å². The van der Waals surface area contributed by atoms with Gasteiger partial charge < -0.3 is 24.8 Å². The molecule has 1 aliphatic rings. The van der Waals surface area contributed by atoms with Crippen molar-refractivity contribution in [2.24, 2.45) is 0 Å². The summed E-state index contributed by atoms with van der Waals surface area (Å²) >= 11 is 0. The Labute approximate surface area is 221 Å². The van der Waals surface area contributed by atoms with E-state index in [9.17, 15) is 20.1 Å². The third-order valence-corrected chi connectivity index (χ3v) is 7.51. The molecule has 0 spiro atoms. The van der Waals surface area contributed by atoms with Crippen LogP contribution in [0.3, 0.4) is 0 Å². The van der Waals surface area contributed by atoms with Gasteiger partial charge in [0.2, 0.25) is 0 Å². The largest absolute Gasteiger partial charge is 0.457 e. The van der Waals surface area contributed by atoms with E-state index < -0.39 is 30.4 Å². The van der Waals surface area contributed by atoms with Crippen molar-refractivity contribution in [2.45, 2.75) is 173 Å². The Morgan fingerprint density at radius 1 is 0.694 bits per heavy atom. The molecule has 0 saturated carbocycles. The first-order chi connectivity index (χ1) is 17.6. The van der Waals surface area contributed by atoms with Crippen LogP contribution >= 0.6 is 0 Å². The van der Waals surface area contributed by atoms with Gasteiger partial charge in [0.25, 0.3) is 0 Å². The van der Waals surface area contributed by atoms with E-state index in [4.69, 9.17) is 9.47 Å². The molecule has 1 aliphatic heterocycles. The van der Waals surface area contributed by atoms with Crippen molar-refractivity contribution in [3.8, 4) is 0 Å². The Bertz CT molecular complexity index is 500. The highest BCUT2D eigenvalue weighted by Crippen LogP contribution is 2.20. The van der Waals surface area contributed by atoms with Crippen LogP contribution in [0.2, 0.25) is 0 Å². The summed E-state index contributed by atoms with van der Waals surface area (Å²) in [6.07, 6.45) is 24.0. The van der Waals surface area contributed by atoms with Crippen LogP contribution in [0.5, 0.6) is 0 Å². The number of carbonyl (C=O) groups excluding carboxylic acids is 1. The molecule has 4 atom stereocenters. The van der Waals surface area contributed by atoms with Gasteiger partial charge >= 0.3 is 5.97 Å². The molecule has 0 bridgehead atoms. The number of rotatable bonds is 24. The fraction of sp³-hybridized carbons (Fsp3) is 0.967. The Balaban J connectivity index is 1.80. The Morgan fingerprint density at radius 2 is 1.08 bits per heavy atom. The van der Waals surface area contributed by atoms with Crippen LogP contribution in [0, 0.1) is 0 Å². The van der Waals surface area contributed by atoms with Crippen molar-refractivity contribution in [2.75, 3.05) is 13.2 Å². The van der Waals surface area contributed by atoms with Gasteiger partial charge in [-0.1, -0.05) is 135 Å². The maximum atomic E-state index is 12.1. The van der Waals surface area contributed by atoms with E-state index in [2.05, 4.69) is 6.92 Å². The molecule has 36 heavy (non-hydrogen) atoms. The summed E-state index contributed by atoms with van der Waals surface area (Å²) in [5.41, 5.74) is 0. The van der Waals surface area contributed by atoms with Crippen molar-refractivity contribution in [3.05, 3.63) is 0 Å². The number of hydrogen-bond acceptors (Lipinski definition) is 6. The maximum Gasteiger partial charge on any atom is 0.306 e. The first-order valence-electron chi connectivity index (χ1n) is 15.4. The summed E-state index contributed by atoms with van der Waals surface area (Å²) < 4.78 is 10.4. The van der Waals surface area contributed by atoms with Crippen molar-refractivity contribution >= 4 is 5.97 Å². The highest BCUT2D eigenvalue weighted by atomic mass is 16.6. The van der Waals surface area contributed by atoms with Gasteiger partial charge in [-0.05, 0) is 6.42 Å². The second kappa shape index (κ2) is 23.4. The van der Waals surface area contributed by atoms with Crippen molar-refractivity contribution < 1.29 is 29.6 Å². The third-order valence-electron chi connectivity index (χ3n) is 7.51. The van der Waals surface area contributed by atoms with Crippen LogP contribution in [0.25, 0.3) is 0 Å². The number of carbonyl (C=O) groups is 1. The van der Waals surface area contributed by atoms with E-state index in [1.807, 2.05) is 0 Å². The molecular weight excluding hydrogens is 456 g/mol. The van der Waals surface area contributed by atoms with E-state index in [0.29, 0.717) is 6.42 Å². The second-order valence-corrected chi connectivity index (χ2v) is 10.9. The summed E-state index contributed by atoms with van der Waals surface area (Å²) in [7, 11) is 0. The predicted molar refractivity (Wildman–Crippen MR) is 146 cm³/mol. The molecule has 6 nitrogen and oxygen atoms in total. The normalized spacial score (nSPS) is 22.1. The summed E-state index contributed by atoms with van der Waals surface area (Å²) in [4.78, 5) is 12.1. The Morgan fingerprint density at radius 3 is 1.47 bits per heavy atom.